The lowest BCUT2D eigenvalue weighted by atomic mass is 10.6. The molecule has 1 atom stereocenters. The Morgan fingerprint density at radius 2 is 2.18 bits per heavy atom. The maximum absolute atomic E-state index is 12.3. The van der Waals surface area contributed by atoms with Crippen molar-refractivity contribution in [2.24, 2.45) is 0 Å². The van der Waals surface area contributed by atoms with Gasteiger partial charge in [-0.25, -0.2) is 4.79 Å². The molecule has 0 heterocycles. The van der Waals surface area contributed by atoms with Crippen LogP contribution in [-0.2, 0) is 19.1 Å². The average Bonchev–Trinajstić information content (AvgIpc) is 1.86. The highest BCUT2D eigenvalue weighted by molar-refractivity contribution is 5.77. The van der Waals surface area contributed by atoms with Crippen LogP contribution in [0.3, 0.4) is 0 Å². The van der Waals surface area contributed by atoms with E-state index in [0.29, 0.717) is 0 Å². The van der Waals surface area contributed by atoms with Crippen molar-refractivity contribution in [2.45, 2.75) is 13.3 Å². The molecule has 5 heteroatoms. The second-order valence-electron chi connectivity index (χ2n) is 1.53. The highest BCUT2D eigenvalue weighted by Gasteiger charge is 2.20. The molecule has 0 fully saturated rings. The van der Waals surface area contributed by atoms with Crippen molar-refractivity contribution < 1.29 is 23.5 Å². The summed E-state index contributed by atoms with van der Waals surface area (Å²) < 4.78 is 20.1. The molecule has 62 valence electrons. The quantitative estimate of drug-likeness (QED) is 0.448. The SMILES string of the molecule is C=COC(=O)C(F)OC(C)=O. The second kappa shape index (κ2) is 4.43. The number of alkyl halides is 1. The van der Waals surface area contributed by atoms with Gasteiger partial charge in [-0.2, -0.15) is 4.39 Å². The summed E-state index contributed by atoms with van der Waals surface area (Å²) in [6.45, 7) is 3.99. The number of ether oxygens (including phenoxy) is 2. The maximum Gasteiger partial charge on any atom is 0.386 e. The van der Waals surface area contributed by atoms with Crippen molar-refractivity contribution in [2.75, 3.05) is 0 Å². The van der Waals surface area contributed by atoms with Gasteiger partial charge in [0.2, 0.25) is 0 Å². The average molecular weight is 162 g/mol. The molecule has 0 rings (SSSR count). The summed E-state index contributed by atoms with van der Waals surface area (Å²) in [5.74, 6) is -2.19. The molecule has 4 nitrogen and oxygen atoms in total. The first-order valence-electron chi connectivity index (χ1n) is 2.70. The van der Waals surface area contributed by atoms with Crippen LogP contribution in [-0.4, -0.2) is 18.3 Å². The normalized spacial score (nSPS) is 11.5. The van der Waals surface area contributed by atoms with Crippen molar-refractivity contribution in [1.29, 1.82) is 0 Å². The van der Waals surface area contributed by atoms with Crippen LogP contribution in [0.1, 0.15) is 6.92 Å². The van der Waals surface area contributed by atoms with Crippen LogP contribution in [0.25, 0.3) is 0 Å². The summed E-state index contributed by atoms with van der Waals surface area (Å²) in [6.07, 6.45) is -1.62. The molecule has 1 unspecified atom stereocenters. The number of hydrogen-bond acceptors (Lipinski definition) is 4. The van der Waals surface area contributed by atoms with Crippen LogP contribution in [0.15, 0.2) is 12.8 Å². The number of halogens is 1. The molecule has 0 radical (unpaired) electrons. The standard InChI is InChI=1S/C6H7FO4/c1-3-10-6(9)5(7)11-4(2)8/h3,5H,1H2,2H3. The minimum Gasteiger partial charge on any atom is -0.430 e. The summed E-state index contributed by atoms with van der Waals surface area (Å²) in [5.41, 5.74) is 0. The van der Waals surface area contributed by atoms with Gasteiger partial charge in [0.05, 0.1) is 6.26 Å². The second-order valence-corrected chi connectivity index (χ2v) is 1.53. The van der Waals surface area contributed by atoms with Crippen molar-refractivity contribution in [3.63, 3.8) is 0 Å². The highest BCUT2D eigenvalue weighted by Crippen LogP contribution is 1.97. The molecule has 0 bridgehead atoms. The predicted octanol–water partition coefficient (Wildman–Crippen LogP) is 0.532. The fourth-order valence-corrected chi connectivity index (χ4v) is 0.329. The molecule has 11 heavy (non-hydrogen) atoms. The van der Waals surface area contributed by atoms with Crippen molar-refractivity contribution in [3.05, 3.63) is 12.8 Å². The van der Waals surface area contributed by atoms with Crippen LogP contribution < -0.4 is 0 Å². The summed E-state index contributed by atoms with van der Waals surface area (Å²) in [4.78, 5) is 20.4. The van der Waals surface area contributed by atoms with E-state index in [1.807, 2.05) is 0 Å². The van der Waals surface area contributed by atoms with E-state index in [-0.39, 0.29) is 0 Å². The maximum atomic E-state index is 12.3. The Bertz CT molecular complexity index is 177. The molecule has 0 aromatic heterocycles. The van der Waals surface area contributed by atoms with Gasteiger partial charge in [-0.3, -0.25) is 4.79 Å². The molecular weight excluding hydrogens is 155 g/mol. The fourth-order valence-electron chi connectivity index (χ4n) is 0.329. The van der Waals surface area contributed by atoms with E-state index in [9.17, 15) is 14.0 Å². The van der Waals surface area contributed by atoms with E-state index in [0.717, 1.165) is 13.2 Å². The summed E-state index contributed by atoms with van der Waals surface area (Å²) in [6, 6.07) is 0. The Kier molecular flexibility index (Phi) is 3.87. The number of hydrogen-bond donors (Lipinski definition) is 0. The van der Waals surface area contributed by atoms with Gasteiger partial charge in [-0.05, 0) is 0 Å². The van der Waals surface area contributed by atoms with Gasteiger partial charge in [0.15, 0.2) is 0 Å². The summed E-state index contributed by atoms with van der Waals surface area (Å²) in [5, 5.41) is 0. The van der Waals surface area contributed by atoms with Crippen molar-refractivity contribution in [3.8, 4) is 0 Å². The monoisotopic (exact) mass is 162 g/mol. The first-order chi connectivity index (χ1) is 5.07. The van der Waals surface area contributed by atoms with Crippen LogP contribution >= 0.6 is 0 Å². The first kappa shape index (κ1) is 9.61. The van der Waals surface area contributed by atoms with Gasteiger partial charge in [0.25, 0.3) is 0 Å². The lowest BCUT2D eigenvalue weighted by molar-refractivity contribution is -0.174. The Morgan fingerprint density at radius 3 is 2.55 bits per heavy atom. The molecule has 0 saturated heterocycles. The van der Waals surface area contributed by atoms with Gasteiger partial charge < -0.3 is 9.47 Å². The molecule has 0 aliphatic rings. The van der Waals surface area contributed by atoms with Crippen molar-refractivity contribution >= 4 is 11.9 Å². The molecule has 0 saturated carbocycles. The summed E-state index contributed by atoms with van der Waals surface area (Å²) >= 11 is 0. The molecule has 0 spiro atoms. The Labute approximate surface area is 62.6 Å². The van der Waals surface area contributed by atoms with Gasteiger partial charge in [-0.1, -0.05) is 6.58 Å². The van der Waals surface area contributed by atoms with Crippen molar-refractivity contribution in [1.82, 2.24) is 0 Å². The topological polar surface area (TPSA) is 52.6 Å². The summed E-state index contributed by atoms with van der Waals surface area (Å²) in [7, 11) is 0. The minimum atomic E-state index is -2.37. The van der Waals surface area contributed by atoms with Crippen LogP contribution in [0.2, 0.25) is 0 Å². The van der Waals surface area contributed by atoms with Gasteiger partial charge in [0.1, 0.15) is 0 Å². The third kappa shape index (κ3) is 4.07. The smallest absolute Gasteiger partial charge is 0.386 e. The minimum absolute atomic E-state index is 0.748. The molecule has 0 aromatic rings. The fraction of sp³-hybridized carbons (Fsp3) is 0.333. The van der Waals surface area contributed by atoms with Crippen LogP contribution in [0.4, 0.5) is 4.39 Å². The van der Waals surface area contributed by atoms with Crippen LogP contribution in [0, 0.1) is 0 Å². The van der Waals surface area contributed by atoms with E-state index in [1.165, 1.54) is 0 Å². The zero-order valence-corrected chi connectivity index (χ0v) is 5.87. The largest absolute Gasteiger partial charge is 0.430 e. The molecule has 0 aliphatic heterocycles. The van der Waals surface area contributed by atoms with E-state index in [1.54, 1.807) is 0 Å². The van der Waals surface area contributed by atoms with E-state index < -0.39 is 18.3 Å². The third-order valence-corrected chi connectivity index (χ3v) is 0.654. The zero-order valence-electron chi connectivity index (χ0n) is 5.87. The Morgan fingerprint density at radius 1 is 1.64 bits per heavy atom. The zero-order chi connectivity index (χ0) is 8.85. The lowest BCUT2D eigenvalue weighted by Gasteiger charge is -2.04. The molecule has 0 amide bonds. The lowest BCUT2D eigenvalue weighted by Crippen LogP contribution is -2.22. The molecule has 0 N–H and O–H groups in total. The van der Waals surface area contributed by atoms with Gasteiger partial charge in [0, 0.05) is 6.92 Å². The third-order valence-electron chi connectivity index (χ3n) is 0.654. The van der Waals surface area contributed by atoms with E-state index in [4.69, 9.17) is 0 Å². The first-order valence-corrected chi connectivity index (χ1v) is 2.70. The molecular formula is C6H7FO4. The van der Waals surface area contributed by atoms with E-state index in [2.05, 4.69) is 16.1 Å². The van der Waals surface area contributed by atoms with Crippen LogP contribution in [0.5, 0.6) is 0 Å². The molecule has 0 aliphatic carbocycles. The Hall–Kier alpha value is -1.39. The predicted molar refractivity (Wildman–Crippen MR) is 33.0 cm³/mol. The number of carbonyl (C=O) groups excluding carboxylic acids is 2. The Balaban J connectivity index is 3.81. The van der Waals surface area contributed by atoms with Gasteiger partial charge in [-0.15, -0.1) is 0 Å². The number of carbonyl (C=O) groups is 2. The van der Waals surface area contributed by atoms with Gasteiger partial charge >= 0.3 is 18.3 Å². The molecule has 0 aromatic carbocycles. The number of esters is 2. The highest BCUT2D eigenvalue weighted by atomic mass is 19.1. The number of rotatable bonds is 3. The van der Waals surface area contributed by atoms with E-state index >= 15 is 0 Å².